The van der Waals surface area contributed by atoms with Crippen molar-refractivity contribution >= 4 is 23.9 Å². The molecule has 0 aliphatic rings. The molecule has 19 heavy (non-hydrogen) atoms. The van der Waals surface area contributed by atoms with Crippen molar-refractivity contribution in [3.8, 4) is 0 Å². The molecular weight excluding hydrogens is 398 g/mol. The van der Waals surface area contributed by atoms with Gasteiger partial charge >= 0.3 is 23.9 Å². The number of halogens is 2. The molecule has 0 bridgehead atoms. The molecule has 7 heteroatoms. The zero-order valence-corrected chi connectivity index (χ0v) is 16.3. The van der Waals surface area contributed by atoms with Gasteiger partial charge in [-0.25, -0.2) is 0 Å². The van der Waals surface area contributed by atoms with Gasteiger partial charge in [0.05, 0.1) is 26.4 Å². The first kappa shape index (κ1) is 32.2. The third-order valence-corrected chi connectivity index (χ3v) is 1.44. The van der Waals surface area contributed by atoms with E-state index in [1.165, 1.54) is 0 Å². The summed E-state index contributed by atoms with van der Waals surface area (Å²) in [5.41, 5.74) is 0. The molecule has 0 aromatic heterocycles. The molecule has 116 valence electrons. The summed E-state index contributed by atoms with van der Waals surface area (Å²) in [6.45, 7) is 11.4. The van der Waals surface area contributed by atoms with Crippen LogP contribution < -0.4 is 24.8 Å². The molecule has 0 amide bonds. The fourth-order valence-corrected chi connectivity index (χ4v) is 0.693. The van der Waals surface area contributed by atoms with Crippen LogP contribution in [-0.4, -0.2) is 77.8 Å². The van der Waals surface area contributed by atoms with Crippen molar-refractivity contribution in [2.75, 3.05) is 53.9 Å². The molecule has 0 heterocycles. The van der Waals surface area contributed by atoms with Gasteiger partial charge in [-0.3, -0.25) is 0 Å². The molecule has 0 saturated carbocycles. The molecule has 0 unspecified atom stereocenters. The molecule has 0 aromatic rings. The van der Waals surface area contributed by atoms with Crippen molar-refractivity contribution in [3.63, 3.8) is 0 Å². The van der Waals surface area contributed by atoms with Crippen LogP contribution in [0.1, 0.15) is 12.8 Å². The van der Waals surface area contributed by atoms with Gasteiger partial charge < -0.3 is 43.8 Å². The molecular formula is C12H26Cl2O4Sn. The number of rotatable bonds is 10. The van der Waals surface area contributed by atoms with E-state index in [9.17, 15) is 0 Å². The second-order valence-electron chi connectivity index (χ2n) is 2.92. The Hall–Kier alpha value is 1.22. The molecule has 0 spiro atoms. The zero-order chi connectivity index (χ0) is 12.5. The van der Waals surface area contributed by atoms with Crippen LogP contribution in [0.2, 0.25) is 0 Å². The van der Waals surface area contributed by atoms with Crippen molar-refractivity contribution in [3.05, 3.63) is 13.8 Å². The Bertz CT molecular complexity index is 89.7. The predicted octanol–water partition coefficient (Wildman–Crippen LogP) is -4.63. The van der Waals surface area contributed by atoms with E-state index >= 15 is 0 Å². The van der Waals surface area contributed by atoms with Crippen LogP contribution in [0.4, 0.5) is 0 Å². The molecule has 4 nitrogen and oxygen atoms in total. The first-order chi connectivity index (χ1) is 7.83. The summed E-state index contributed by atoms with van der Waals surface area (Å²) < 4.78 is 19.6. The standard InChI is InChI=1S/2C6H13O2.2ClH.Sn/c2*1-3-4-8-6-5-7-2;;;/h2*1,3-6H2,2H3;2*1H;/q;;;;+2/p-2. The number of hydrogen-bond donors (Lipinski definition) is 0. The summed E-state index contributed by atoms with van der Waals surface area (Å²) in [6, 6.07) is 0. The number of methoxy groups -OCH3 is 2. The van der Waals surface area contributed by atoms with Crippen molar-refractivity contribution in [1.29, 1.82) is 0 Å². The molecule has 0 atom stereocenters. The largest absolute Gasteiger partial charge is 2.00 e. The minimum atomic E-state index is 0. The van der Waals surface area contributed by atoms with E-state index in [0.29, 0.717) is 26.4 Å². The van der Waals surface area contributed by atoms with E-state index in [2.05, 4.69) is 13.8 Å². The summed E-state index contributed by atoms with van der Waals surface area (Å²) in [4.78, 5) is 0. The van der Waals surface area contributed by atoms with E-state index in [0.717, 1.165) is 26.1 Å². The van der Waals surface area contributed by atoms with Crippen molar-refractivity contribution in [1.82, 2.24) is 0 Å². The van der Waals surface area contributed by atoms with Crippen LogP contribution in [0.15, 0.2) is 0 Å². The number of hydrogen-bond acceptors (Lipinski definition) is 4. The average Bonchev–Trinajstić information content (AvgIpc) is 2.31. The Balaban J connectivity index is -0.0000000594. The van der Waals surface area contributed by atoms with E-state index in [-0.39, 0.29) is 48.7 Å². The third-order valence-electron chi connectivity index (χ3n) is 1.44. The summed E-state index contributed by atoms with van der Waals surface area (Å²) in [7, 11) is 3.32. The van der Waals surface area contributed by atoms with Crippen LogP contribution in [-0.2, 0) is 18.9 Å². The molecule has 0 N–H and O–H groups in total. The van der Waals surface area contributed by atoms with Gasteiger partial charge in [0.1, 0.15) is 0 Å². The molecule has 0 aliphatic heterocycles. The summed E-state index contributed by atoms with van der Waals surface area (Å²) >= 11 is 0. The van der Waals surface area contributed by atoms with E-state index in [1.54, 1.807) is 14.2 Å². The van der Waals surface area contributed by atoms with Gasteiger partial charge in [-0.1, -0.05) is 13.8 Å². The third kappa shape index (κ3) is 45.3. The van der Waals surface area contributed by atoms with Gasteiger partial charge in [0.15, 0.2) is 0 Å². The zero-order valence-electron chi connectivity index (χ0n) is 12.0. The molecule has 0 saturated heterocycles. The average molecular weight is 424 g/mol. The second-order valence-corrected chi connectivity index (χ2v) is 2.92. The van der Waals surface area contributed by atoms with Gasteiger partial charge in [-0.15, -0.1) is 0 Å². The fourth-order valence-electron chi connectivity index (χ4n) is 0.693. The van der Waals surface area contributed by atoms with Crippen LogP contribution >= 0.6 is 0 Å². The van der Waals surface area contributed by atoms with Crippen molar-refractivity contribution < 1.29 is 43.8 Å². The monoisotopic (exact) mass is 424 g/mol. The Kier molecular flexibility index (Phi) is 62.0. The van der Waals surface area contributed by atoms with E-state index in [4.69, 9.17) is 18.9 Å². The van der Waals surface area contributed by atoms with Gasteiger partial charge in [-0.2, -0.15) is 0 Å². The van der Waals surface area contributed by atoms with Gasteiger partial charge in [0, 0.05) is 27.4 Å². The normalized spacial score (nSPS) is 8.21. The van der Waals surface area contributed by atoms with Crippen molar-refractivity contribution in [2.24, 2.45) is 0 Å². The molecule has 4 radical (unpaired) electrons. The molecule has 0 aliphatic carbocycles. The summed E-state index contributed by atoms with van der Waals surface area (Å²) in [6.07, 6.45) is 1.67. The van der Waals surface area contributed by atoms with Crippen LogP contribution in [0, 0.1) is 13.8 Å². The Labute approximate surface area is 148 Å². The maximum absolute atomic E-state index is 5.04. The smallest absolute Gasteiger partial charge is 1.00 e. The molecule has 0 rings (SSSR count). The topological polar surface area (TPSA) is 36.9 Å². The quantitative estimate of drug-likeness (QED) is 0.262. The second kappa shape index (κ2) is 36.5. The molecule has 0 aromatic carbocycles. The van der Waals surface area contributed by atoms with E-state index in [1.807, 2.05) is 0 Å². The van der Waals surface area contributed by atoms with Crippen LogP contribution in [0.3, 0.4) is 0 Å². The summed E-state index contributed by atoms with van der Waals surface area (Å²) in [5.74, 6) is 0. The summed E-state index contributed by atoms with van der Waals surface area (Å²) in [5, 5.41) is 0. The van der Waals surface area contributed by atoms with Gasteiger partial charge in [0.2, 0.25) is 0 Å². The predicted molar refractivity (Wildman–Crippen MR) is 71.1 cm³/mol. The van der Waals surface area contributed by atoms with Crippen LogP contribution in [0.5, 0.6) is 0 Å². The maximum atomic E-state index is 5.04. The first-order valence-corrected chi connectivity index (χ1v) is 5.55. The first-order valence-electron chi connectivity index (χ1n) is 5.55. The molecule has 0 fully saturated rings. The van der Waals surface area contributed by atoms with Gasteiger partial charge in [-0.05, 0) is 12.8 Å². The van der Waals surface area contributed by atoms with Crippen molar-refractivity contribution in [2.45, 2.75) is 12.8 Å². The van der Waals surface area contributed by atoms with Crippen LogP contribution in [0.25, 0.3) is 0 Å². The Morgan fingerprint density at radius 3 is 1.16 bits per heavy atom. The number of ether oxygens (including phenoxy) is 4. The van der Waals surface area contributed by atoms with Gasteiger partial charge in [0.25, 0.3) is 0 Å². The minimum absolute atomic E-state index is 0. The Morgan fingerprint density at radius 2 is 0.947 bits per heavy atom. The Morgan fingerprint density at radius 1 is 0.632 bits per heavy atom. The maximum Gasteiger partial charge on any atom is 2.00 e. The minimum Gasteiger partial charge on any atom is -1.00 e. The SMILES string of the molecule is [CH2]CCOCCOC.[CH2]CCOCCOC.[Cl-].[Cl-].[Sn+2]. The van der Waals surface area contributed by atoms with E-state index < -0.39 is 0 Å². The fraction of sp³-hybridized carbons (Fsp3) is 0.833.